The number of nitriles is 1. The van der Waals surface area contributed by atoms with Crippen molar-refractivity contribution in [3.05, 3.63) is 76.6 Å². The zero-order chi connectivity index (χ0) is 18.5. The Balaban J connectivity index is 1.71. The highest BCUT2D eigenvalue weighted by Crippen LogP contribution is 2.22. The standard InChI is InChI=1S/C19H14ClN5O/c1-12-6-7-15(8-16(12)20)24-19-22-10-14(11-23-19)18(26)25-17-5-3-2-4-13(17)9-21/h2-8,10-11H,1H3,(H,25,26)(H,22,23,24). The molecule has 0 unspecified atom stereocenters. The van der Waals surface area contributed by atoms with Gasteiger partial charge in [-0.3, -0.25) is 4.79 Å². The molecule has 26 heavy (non-hydrogen) atoms. The summed E-state index contributed by atoms with van der Waals surface area (Å²) in [5.41, 5.74) is 2.83. The van der Waals surface area contributed by atoms with Crippen molar-refractivity contribution in [1.29, 1.82) is 5.26 Å². The van der Waals surface area contributed by atoms with E-state index < -0.39 is 5.91 Å². The lowest BCUT2D eigenvalue weighted by molar-refractivity contribution is 0.102. The number of carbonyl (C=O) groups is 1. The highest BCUT2D eigenvalue weighted by Gasteiger charge is 2.10. The number of benzene rings is 2. The van der Waals surface area contributed by atoms with Crippen molar-refractivity contribution in [2.75, 3.05) is 10.6 Å². The minimum absolute atomic E-state index is 0.283. The normalized spacial score (nSPS) is 10.0. The molecule has 0 aliphatic heterocycles. The molecule has 0 saturated carbocycles. The van der Waals surface area contributed by atoms with Gasteiger partial charge in [-0.1, -0.05) is 29.8 Å². The molecule has 0 bridgehead atoms. The number of carbonyl (C=O) groups excluding carboxylic acids is 1. The van der Waals surface area contributed by atoms with Crippen molar-refractivity contribution >= 4 is 34.8 Å². The third kappa shape index (κ3) is 3.97. The number of hydrogen-bond acceptors (Lipinski definition) is 5. The number of aromatic nitrogens is 2. The van der Waals surface area contributed by atoms with Gasteiger partial charge in [-0.05, 0) is 36.8 Å². The van der Waals surface area contributed by atoms with Crippen LogP contribution >= 0.6 is 11.6 Å². The second-order valence-electron chi connectivity index (χ2n) is 5.50. The summed E-state index contributed by atoms with van der Waals surface area (Å²) in [6.07, 6.45) is 2.82. The fourth-order valence-corrected chi connectivity index (χ4v) is 2.37. The molecule has 3 aromatic rings. The summed E-state index contributed by atoms with van der Waals surface area (Å²) in [5.74, 6) is -0.0449. The number of para-hydroxylation sites is 1. The Kier molecular flexibility index (Phi) is 5.11. The molecule has 128 valence electrons. The van der Waals surface area contributed by atoms with Gasteiger partial charge in [0.25, 0.3) is 5.91 Å². The lowest BCUT2D eigenvalue weighted by Gasteiger charge is -2.08. The molecule has 0 saturated heterocycles. The molecular weight excluding hydrogens is 350 g/mol. The Bertz CT molecular complexity index is 996. The molecule has 2 N–H and O–H groups in total. The van der Waals surface area contributed by atoms with Crippen LogP contribution in [0.15, 0.2) is 54.9 Å². The first-order valence-corrected chi connectivity index (χ1v) is 8.10. The van der Waals surface area contributed by atoms with E-state index >= 15 is 0 Å². The molecule has 0 radical (unpaired) electrons. The summed E-state index contributed by atoms with van der Waals surface area (Å²) < 4.78 is 0. The number of nitrogens with one attached hydrogen (secondary N) is 2. The van der Waals surface area contributed by atoms with E-state index in [9.17, 15) is 4.79 Å². The Morgan fingerprint density at radius 3 is 2.58 bits per heavy atom. The van der Waals surface area contributed by atoms with Gasteiger partial charge in [0.15, 0.2) is 0 Å². The van der Waals surface area contributed by atoms with Crippen LogP contribution in [-0.4, -0.2) is 15.9 Å². The largest absolute Gasteiger partial charge is 0.324 e. The van der Waals surface area contributed by atoms with Crippen LogP contribution in [0.5, 0.6) is 0 Å². The summed E-state index contributed by atoms with van der Waals surface area (Å²) >= 11 is 6.09. The maximum atomic E-state index is 12.3. The van der Waals surface area contributed by atoms with Crippen molar-refractivity contribution in [3.63, 3.8) is 0 Å². The molecule has 0 spiro atoms. The van der Waals surface area contributed by atoms with Gasteiger partial charge in [0.05, 0.1) is 16.8 Å². The summed E-state index contributed by atoms with van der Waals surface area (Å²) in [7, 11) is 0. The first kappa shape index (κ1) is 17.4. The van der Waals surface area contributed by atoms with E-state index in [4.69, 9.17) is 16.9 Å². The van der Waals surface area contributed by atoms with Gasteiger partial charge in [-0.2, -0.15) is 5.26 Å². The van der Waals surface area contributed by atoms with Crippen LogP contribution in [0.25, 0.3) is 0 Å². The van der Waals surface area contributed by atoms with Crippen LogP contribution in [0.2, 0.25) is 5.02 Å². The molecule has 6 nitrogen and oxygen atoms in total. The molecule has 0 atom stereocenters. The van der Waals surface area contributed by atoms with E-state index in [0.29, 0.717) is 22.2 Å². The van der Waals surface area contributed by atoms with Crippen molar-refractivity contribution in [2.45, 2.75) is 6.92 Å². The maximum Gasteiger partial charge on any atom is 0.258 e. The second kappa shape index (κ2) is 7.64. The van der Waals surface area contributed by atoms with E-state index in [1.54, 1.807) is 30.3 Å². The van der Waals surface area contributed by atoms with Crippen LogP contribution in [0.1, 0.15) is 21.5 Å². The third-order valence-corrected chi connectivity index (χ3v) is 4.04. The molecule has 2 aromatic carbocycles. The molecule has 0 aliphatic carbocycles. The summed E-state index contributed by atoms with van der Waals surface area (Å²) in [6.45, 7) is 1.92. The second-order valence-corrected chi connectivity index (χ2v) is 5.90. The average molecular weight is 364 g/mol. The molecule has 7 heteroatoms. The SMILES string of the molecule is Cc1ccc(Nc2ncc(C(=O)Nc3ccccc3C#N)cn2)cc1Cl. The highest BCUT2D eigenvalue weighted by molar-refractivity contribution is 6.31. The number of aryl methyl sites for hydroxylation is 1. The van der Waals surface area contributed by atoms with Gasteiger partial charge in [0, 0.05) is 23.1 Å². The Morgan fingerprint density at radius 2 is 1.88 bits per heavy atom. The molecule has 1 amide bonds. The lowest BCUT2D eigenvalue weighted by Crippen LogP contribution is -2.14. The molecular formula is C19H14ClN5O. The summed E-state index contributed by atoms with van der Waals surface area (Å²) in [4.78, 5) is 20.6. The van der Waals surface area contributed by atoms with Gasteiger partial charge in [-0.15, -0.1) is 0 Å². The number of rotatable bonds is 4. The van der Waals surface area contributed by atoms with Gasteiger partial charge in [-0.25, -0.2) is 9.97 Å². The predicted molar refractivity (Wildman–Crippen MR) is 101 cm³/mol. The molecule has 1 aromatic heterocycles. The van der Waals surface area contributed by atoms with Gasteiger partial charge < -0.3 is 10.6 Å². The Hall–Kier alpha value is -3.43. The van der Waals surface area contributed by atoms with Crippen LogP contribution in [0.3, 0.4) is 0 Å². The first-order chi connectivity index (χ1) is 12.6. The predicted octanol–water partition coefficient (Wildman–Crippen LogP) is 4.31. The lowest BCUT2D eigenvalue weighted by atomic mass is 10.2. The highest BCUT2D eigenvalue weighted by atomic mass is 35.5. The molecule has 1 heterocycles. The van der Waals surface area contributed by atoms with Gasteiger partial charge >= 0.3 is 0 Å². The van der Waals surface area contributed by atoms with Gasteiger partial charge in [0.1, 0.15) is 6.07 Å². The van der Waals surface area contributed by atoms with Crippen LogP contribution in [-0.2, 0) is 0 Å². The van der Waals surface area contributed by atoms with Crippen molar-refractivity contribution in [2.24, 2.45) is 0 Å². The monoisotopic (exact) mass is 363 g/mol. The Labute approximate surface area is 155 Å². The number of anilines is 3. The van der Waals surface area contributed by atoms with Crippen LogP contribution < -0.4 is 10.6 Å². The quantitative estimate of drug-likeness (QED) is 0.720. The van der Waals surface area contributed by atoms with Crippen molar-refractivity contribution < 1.29 is 4.79 Å². The molecule has 0 fully saturated rings. The van der Waals surface area contributed by atoms with Gasteiger partial charge in [0.2, 0.25) is 5.95 Å². The van der Waals surface area contributed by atoms with E-state index in [0.717, 1.165) is 11.3 Å². The fourth-order valence-electron chi connectivity index (χ4n) is 2.19. The topological polar surface area (TPSA) is 90.7 Å². The summed E-state index contributed by atoms with van der Waals surface area (Å²) in [6, 6.07) is 14.3. The van der Waals surface area contributed by atoms with E-state index in [2.05, 4.69) is 20.6 Å². The molecule has 3 rings (SSSR count). The smallest absolute Gasteiger partial charge is 0.258 e. The minimum atomic E-state index is -0.391. The number of halogens is 1. The van der Waals surface area contributed by atoms with Crippen molar-refractivity contribution in [3.8, 4) is 6.07 Å². The van der Waals surface area contributed by atoms with Crippen LogP contribution in [0, 0.1) is 18.3 Å². The fraction of sp³-hybridized carbons (Fsp3) is 0.0526. The number of nitrogens with zero attached hydrogens (tertiary/aromatic N) is 3. The zero-order valence-electron chi connectivity index (χ0n) is 13.8. The number of hydrogen-bond donors (Lipinski definition) is 2. The van der Waals surface area contributed by atoms with E-state index in [1.807, 2.05) is 25.1 Å². The first-order valence-electron chi connectivity index (χ1n) is 7.72. The van der Waals surface area contributed by atoms with Crippen molar-refractivity contribution in [1.82, 2.24) is 9.97 Å². The third-order valence-electron chi connectivity index (χ3n) is 3.64. The zero-order valence-corrected chi connectivity index (χ0v) is 14.6. The minimum Gasteiger partial charge on any atom is -0.324 e. The Morgan fingerprint density at radius 1 is 1.15 bits per heavy atom. The summed E-state index contributed by atoms with van der Waals surface area (Å²) in [5, 5.41) is 15.4. The van der Waals surface area contributed by atoms with Crippen LogP contribution in [0.4, 0.5) is 17.3 Å². The molecule has 0 aliphatic rings. The number of amides is 1. The average Bonchev–Trinajstić information content (AvgIpc) is 2.66. The maximum absolute atomic E-state index is 12.3. The van der Waals surface area contributed by atoms with E-state index in [1.165, 1.54) is 12.4 Å². The van der Waals surface area contributed by atoms with E-state index in [-0.39, 0.29) is 5.56 Å².